The van der Waals surface area contributed by atoms with Gasteiger partial charge in [-0.25, -0.2) is 0 Å². The Bertz CT molecular complexity index is 702. The van der Waals surface area contributed by atoms with Crippen molar-refractivity contribution in [2.24, 2.45) is 5.41 Å². The van der Waals surface area contributed by atoms with Crippen molar-refractivity contribution in [1.82, 2.24) is 4.90 Å². The van der Waals surface area contributed by atoms with E-state index in [1.54, 1.807) is 6.07 Å². The Balaban J connectivity index is 0.00000392. The van der Waals surface area contributed by atoms with Crippen LogP contribution in [0.25, 0.3) is 0 Å². The summed E-state index contributed by atoms with van der Waals surface area (Å²) in [6, 6.07) is 5.51. The summed E-state index contributed by atoms with van der Waals surface area (Å²) in [5.74, 6) is -0.296. The van der Waals surface area contributed by atoms with Crippen LogP contribution in [0.1, 0.15) is 65.8 Å². The Morgan fingerprint density at radius 3 is 2.25 bits per heavy atom. The number of hydrogen-bond acceptors (Lipinski definition) is 2. The van der Waals surface area contributed by atoms with E-state index in [-0.39, 0.29) is 34.2 Å². The number of rotatable bonds is 10. The fraction of sp³-hybridized carbons (Fsp3) is 0.636. The number of aryl methyl sites for hydroxylation is 1. The highest BCUT2D eigenvalue weighted by molar-refractivity contribution is 9.09. The monoisotopic (exact) mass is 516 g/mol. The van der Waals surface area contributed by atoms with Gasteiger partial charge in [0.25, 0.3) is 11.8 Å². The van der Waals surface area contributed by atoms with Crippen LogP contribution in [0.4, 0.5) is 0 Å². The van der Waals surface area contributed by atoms with E-state index < -0.39 is 0 Å². The maximum Gasteiger partial charge on any atom is 0.261 e. The Labute approximate surface area is 189 Å². The highest BCUT2D eigenvalue weighted by atomic mass is 79.9. The zero-order valence-electron chi connectivity index (χ0n) is 17.9. The topological polar surface area (TPSA) is 37.4 Å². The molecule has 0 atom stereocenters. The zero-order chi connectivity index (χ0) is 20.2. The van der Waals surface area contributed by atoms with E-state index in [0.29, 0.717) is 17.7 Å². The van der Waals surface area contributed by atoms with Crippen LogP contribution >= 0.6 is 15.9 Å². The number of alkyl halides is 1. The molecule has 158 valence electrons. The normalized spacial score (nSPS) is 14.3. The SMILES string of the molecule is Cc1ccc2c(c1)C(=O)N(CC(C)(C)C[N+](C)(C)CCCCCCBr)C2=O.[Br-]. The smallest absolute Gasteiger partial charge is 0.261 e. The lowest BCUT2D eigenvalue weighted by Crippen LogP contribution is -3.00. The molecule has 2 amide bonds. The van der Waals surface area contributed by atoms with E-state index in [0.717, 1.165) is 28.5 Å². The summed E-state index contributed by atoms with van der Waals surface area (Å²) in [4.78, 5) is 26.9. The van der Waals surface area contributed by atoms with Crippen molar-refractivity contribution >= 4 is 27.7 Å². The molecule has 1 aromatic rings. The first kappa shape index (κ1) is 25.3. The van der Waals surface area contributed by atoms with Crippen LogP contribution in [-0.4, -0.2) is 60.3 Å². The first-order valence-electron chi connectivity index (χ1n) is 9.91. The van der Waals surface area contributed by atoms with E-state index in [1.165, 1.54) is 30.6 Å². The Morgan fingerprint density at radius 2 is 1.61 bits per heavy atom. The molecule has 4 nitrogen and oxygen atoms in total. The molecule has 1 aliphatic heterocycles. The first-order chi connectivity index (χ1) is 12.6. The van der Waals surface area contributed by atoms with Crippen LogP contribution in [0.5, 0.6) is 0 Å². The molecule has 2 rings (SSSR count). The molecule has 0 radical (unpaired) electrons. The summed E-state index contributed by atoms with van der Waals surface area (Å²) >= 11 is 3.48. The lowest BCUT2D eigenvalue weighted by Gasteiger charge is -2.39. The van der Waals surface area contributed by atoms with Crippen molar-refractivity contribution in [2.45, 2.75) is 46.5 Å². The molecule has 0 fully saturated rings. The molecule has 28 heavy (non-hydrogen) atoms. The van der Waals surface area contributed by atoms with Gasteiger partial charge in [0.15, 0.2) is 0 Å². The number of unbranched alkanes of at least 4 members (excludes halogenated alkanes) is 3. The number of carbonyl (C=O) groups is 2. The summed E-state index contributed by atoms with van der Waals surface area (Å²) in [5.41, 5.74) is 1.97. The molecule has 6 heteroatoms. The Morgan fingerprint density at radius 1 is 1.00 bits per heavy atom. The van der Waals surface area contributed by atoms with Crippen molar-refractivity contribution in [3.05, 3.63) is 34.9 Å². The van der Waals surface area contributed by atoms with Gasteiger partial charge in [0.2, 0.25) is 0 Å². The van der Waals surface area contributed by atoms with Crippen LogP contribution in [0, 0.1) is 12.3 Å². The maximum absolute atomic E-state index is 12.8. The third-order valence-corrected chi connectivity index (χ3v) is 5.78. The largest absolute Gasteiger partial charge is 1.00 e. The number of quaternary nitrogens is 1. The Kier molecular flexibility index (Phi) is 9.36. The lowest BCUT2D eigenvalue weighted by molar-refractivity contribution is -0.896. The summed E-state index contributed by atoms with van der Waals surface area (Å²) in [6.07, 6.45) is 4.97. The highest BCUT2D eigenvalue weighted by Crippen LogP contribution is 2.29. The van der Waals surface area contributed by atoms with E-state index in [9.17, 15) is 9.59 Å². The van der Waals surface area contributed by atoms with E-state index >= 15 is 0 Å². The van der Waals surface area contributed by atoms with Gasteiger partial charge >= 0.3 is 0 Å². The summed E-state index contributed by atoms with van der Waals surface area (Å²) in [6.45, 7) is 8.77. The van der Waals surface area contributed by atoms with Gasteiger partial charge in [-0.15, -0.1) is 0 Å². The van der Waals surface area contributed by atoms with Crippen LogP contribution in [0.15, 0.2) is 18.2 Å². The van der Waals surface area contributed by atoms with Crippen LogP contribution in [0.3, 0.4) is 0 Å². The molecular formula is C22H34Br2N2O2. The second kappa shape index (κ2) is 10.4. The quantitative estimate of drug-likeness (QED) is 0.205. The Hall–Kier alpha value is -0.720. The minimum Gasteiger partial charge on any atom is -1.00 e. The fourth-order valence-electron chi connectivity index (χ4n) is 4.25. The van der Waals surface area contributed by atoms with Gasteiger partial charge in [0, 0.05) is 17.3 Å². The number of nitrogens with zero attached hydrogens (tertiary/aromatic N) is 2. The molecular weight excluding hydrogens is 484 g/mol. The average molecular weight is 518 g/mol. The molecule has 0 aliphatic carbocycles. The van der Waals surface area contributed by atoms with Crippen molar-refractivity contribution in [3.8, 4) is 0 Å². The summed E-state index contributed by atoms with van der Waals surface area (Å²) in [5, 5.41) is 1.08. The predicted octanol–water partition coefficient (Wildman–Crippen LogP) is 1.65. The lowest BCUT2D eigenvalue weighted by atomic mass is 9.91. The third kappa shape index (κ3) is 6.67. The minimum absolute atomic E-state index is 0. The molecule has 0 aromatic heterocycles. The molecule has 0 saturated heterocycles. The van der Waals surface area contributed by atoms with E-state index in [2.05, 4.69) is 43.9 Å². The van der Waals surface area contributed by atoms with Gasteiger partial charge in [-0.05, 0) is 38.3 Å². The van der Waals surface area contributed by atoms with Crippen LogP contribution < -0.4 is 17.0 Å². The number of amides is 2. The molecule has 0 bridgehead atoms. The van der Waals surface area contributed by atoms with Crippen molar-refractivity contribution in [3.63, 3.8) is 0 Å². The first-order valence-corrected chi connectivity index (χ1v) is 11.0. The molecule has 1 aromatic carbocycles. The number of fused-ring (bicyclic) bond motifs is 1. The molecule has 1 heterocycles. The highest BCUT2D eigenvalue weighted by Gasteiger charge is 2.40. The molecule has 0 saturated carbocycles. The second-order valence-corrected chi connectivity index (χ2v) is 10.1. The summed E-state index contributed by atoms with van der Waals surface area (Å²) < 4.78 is 0.906. The molecule has 0 unspecified atom stereocenters. The number of benzene rings is 1. The van der Waals surface area contributed by atoms with Gasteiger partial charge in [-0.3, -0.25) is 14.5 Å². The van der Waals surface area contributed by atoms with Gasteiger partial charge in [-0.2, -0.15) is 0 Å². The van der Waals surface area contributed by atoms with Gasteiger partial charge in [-0.1, -0.05) is 47.8 Å². The zero-order valence-corrected chi connectivity index (χ0v) is 21.0. The average Bonchev–Trinajstić information content (AvgIpc) is 2.78. The van der Waals surface area contributed by atoms with Crippen LogP contribution in [-0.2, 0) is 0 Å². The standard InChI is InChI=1S/C22H34BrN2O2.BrH/c1-17-10-11-18-19(14-17)21(27)24(20(18)26)15-22(2,3)16-25(4,5)13-9-7-6-8-12-23;/h10-11,14H,6-9,12-13,15-16H2,1-5H3;1H/q+1;/p-1. The van der Waals surface area contributed by atoms with Gasteiger partial charge in [0.1, 0.15) is 0 Å². The van der Waals surface area contributed by atoms with Crippen molar-refractivity contribution < 1.29 is 31.1 Å². The number of hydrogen-bond donors (Lipinski definition) is 0. The van der Waals surface area contributed by atoms with Crippen LogP contribution in [0.2, 0.25) is 0 Å². The van der Waals surface area contributed by atoms with Crippen molar-refractivity contribution in [2.75, 3.05) is 39.1 Å². The van der Waals surface area contributed by atoms with E-state index in [4.69, 9.17) is 0 Å². The van der Waals surface area contributed by atoms with Crippen molar-refractivity contribution in [1.29, 1.82) is 0 Å². The second-order valence-electron chi connectivity index (χ2n) is 9.33. The number of halogens is 2. The maximum atomic E-state index is 12.8. The molecule has 1 aliphatic rings. The molecule has 0 N–H and O–H groups in total. The predicted molar refractivity (Wildman–Crippen MR) is 114 cm³/mol. The van der Waals surface area contributed by atoms with Gasteiger partial charge < -0.3 is 21.5 Å². The third-order valence-electron chi connectivity index (χ3n) is 5.22. The van der Waals surface area contributed by atoms with Gasteiger partial charge in [0.05, 0.1) is 38.3 Å². The van der Waals surface area contributed by atoms with E-state index in [1.807, 2.05) is 19.1 Å². The fourth-order valence-corrected chi connectivity index (χ4v) is 4.65. The minimum atomic E-state index is -0.150. The number of carbonyl (C=O) groups excluding carboxylic acids is 2. The number of imide groups is 1. The molecule has 0 spiro atoms. The summed E-state index contributed by atoms with van der Waals surface area (Å²) in [7, 11) is 4.50.